The fraction of sp³-hybridized carbons (Fsp3) is 0.400. The number of hydrogen-bond donors (Lipinski definition) is 3. The largest absolute Gasteiger partial charge is 0.398 e. The number of anilines is 1. The van der Waals surface area contributed by atoms with Crippen LogP contribution in [-0.2, 0) is 0 Å². The van der Waals surface area contributed by atoms with E-state index in [1.54, 1.807) is 18.2 Å². The van der Waals surface area contributed by atoms with Gasteiger partial charge in [0.15, 0.2) is 0 Å². The molecule has 0 spiro atoms. The Morgan fingerprint density at radius 1 is 1.43 bits per heavy atom. The number of nitrogen functional groups attached to an aromatic ring is 1. The van der Waals surface area contributed by atoms with E-state index >= 15 is 0 Å². The van der Waals surface area contributed by atoms with E-state index in [0.29, 0.717) is 23.6 Å². The maximum atomic E-state index is 8.67. The van der Waals surface area contributed by atoms with Crippen LogP contribution in [0.3, 0.4) is 0 Å². The summed E-state index contributed by atoms with van der Waals surface area (Å²) in [5.41, 5.74) is 13.2. The Hall–Kier alpha value is -0.770. The Balaban J connectivity index is 2.77. The zero-order chi connectivity index (χ0) is 10.6. The molecule has 0 bridgehead atoms. The molecule has 0 radical (unpaired) electrons. The molecule has 1 aromatic carbocycles. The van der Waals surface area contributed by atoms with Crippen molar-refractivity contribution in [3.8, 4) is 0 Å². The predicted molar refractivity (Wildman–Crippen MR) is 59.1 cm³/mol. The molecule has 0 fully saturated rings. The van der Waals surface area contributed by atoms with Gasteiger partial charge in [-0.1, -0.05) is 11.6 Å². The number of hydrogen-bond acceptors (Lipinski definition) is 3. The van der Waals surface area contributed by atoms with Crippen molar-refractivity contribution in [2.75, 3.05) is 12.3 Å². The summed E-state index contributed by atoms with van der Waals surface area (Å²) in [6, 6.07) is 5.11. The molecule has 5 N–H and O–H groups in total. The summed E-state index contributed by atoms with van der Waals surface area (Å²) >= 11 is 5.83. The van der Waals surface area contributed by atoms with Gasteiger partial charge in [-0.25, -0.2) is 0 Å². The van der Waals surface area contributed by atoms with Gasteiger partial charge in [-0.3, -0.25) is 0 Å². The van der Waals surface area contributed by atoms with Crippen molar-refractivity contribution in [1.29, 1.82) is 0 Å². The van der Waals surface area contributed by atoms with Gasteiger partial charge in [0.2, 0.25) is 0 Å². The van der Waals surface area contributed by atoms with E-state index in [9.17, 15) is 0 Å². The quantitative estimate of drug-likeness (QED) is 0.668. The first kappa shape index (κ1) is 11.3. The molecule has 1 rings (SSSR count). The highest BCUT2D eigenvalue weighted by Crippen LogP contribution is 2.25. The van der Waals surface area contributed by atoms with Gasteiger partial charge in [-0.05, 0) is 36.6 Å². The normalized spacial score (nSPS) is 12.8. The molecule has 0 aliphatic heterocycles. The molecule has 0 amide bonds. The van der Waals surface area contributed by atoms with E-state index in [-0.39, 0.29) is 12.6 Å². The molecule has 4 heteroatoms. The van der Waals surface area contributed by atoms with Crippen LogP contribution >= 0.6 is 11.6 Å². The molecule has 0 aromatic heterocycles. The van der Waals surface area contributed by atoms with Crippen LogP contribution < -0.4 is 11.5 Å². The van der Waals surface area contributed by atoms with Crippen molar-refractivity contribution in [1.82, 2.24) is 0 Å². The van der Waals surface area contributed by atoms with Crippen LogP contribution in [0.1, 0.15) is 24.4 Å². The van der Waals surface area contributed by atoms with Crippen molar-refractivity contribution < 1.29 is 5.11 Å². The third kappa shape index (κ3) is 2.87. The number of aliphatic hydroxyl groups excluding tert-OH is 1. The van der Waals surface area contributed by atoms with Crippen molar-refractivity contribution in [2.24, 2.45) is 5.73 Å². The molecular weight excluding hydrogens is 200 g/mol. The minimum atomic E-state index is -0.152. The first-order chi connectivity index (χ1) is 6.65. The summed E-state index contributed by atoms with van der Waals surface area (Å²) in [6.07, 6.45) is 1.38. The molecule has 0 saturated heterocycles. The van der Waals surface area contributed by atoms with E-state index in [0.717, 1.165) is 5.56 Å². The second-order valence-corrected chi connectivity index (χ2v) is 3.68. The lowest BCUT2D eigenvalue weighted by Gasteiger charge is -2.13. The fourth-order valence-corrected chi connectivity index (χ4v) is 1.51. The molecule has 0 aliphatic rings. The third-order valence-electron chi connectivity index (χ3n) is 2.12. The molecule has 0 heterocycles. The average molecular weight is 215 g/mol. The molecule has 78 valence electrons. The van der Waals surface area contributed by atoms with Crippen LogP contribution in [0.15, 0.2) is 18.2 Å². The van der Waals surface area contributed by atoms with Crippen LogP contribution in [0.5, 0.6) is 0 Å². The summed E-state index contributed by atoms with van der Waals surface area (Å²) in [4.78, 5) is 0. The second kappa shape index (κ2) is 5.20. The number of benzene rings is 1. The zero-order valence-electron chi connectivity index (χ0n) is 7.91. The third-order valence-corrected chi connectivity index (χ3v) is 2.36. The van der Waals surface area contributed by atoms with E-state index in [2.05, 4.69) is 0 Å². The minimum absolute atomic E-state index is 0.147. The number of nitrogens with two attached hydrogens (primary N) is 2. The SMILES string of the molecule is Nc1ccc(Cl)cc1[C@H](N)CCCO. The Kier molecular flexibility index (Phi) is 4.20. The molecule has 3 nitrogen and oxygen atoms in total. The minimum Gasteiger partial charge on any atom is -0.398 e. The monoisotopic (exact) mass is 214 g/mol. The Morgan fingerprint density at radius 3 is 2.79 bits per heavy atom. The lowest BCUT2D eigenvalue weighted by molar-refractivity contribution is 0.280. The highest BCUT2D eigenvalue weighted by Gasteiger charge is 2.09. The molecule has 1 atom stereocenters. The highest BCUT2D eigenvalue weighted by molar-refractivity contribution is 6.30. The molecule has 0 aliphatic carbocycles. The van der Waals surface area contributed by atoms with Crippen LogP contribution in [0.25, 0.3) is 0 Å². The van der Waals surface area contributed by atoms with Crippen LogP contribution in [0.4, 0.5) is 5.69 Å². The van der Waals surface area contributed by atoms with Gasteiger partial charge in [0.25, 0.3) is 0 Å². The smallest absolute Gasteiger partial charge is 0.0431 e. The zero-order valence-corrected chi connectivity index (χ0v) is 8.67. The summed E-state index contributed by atoms with van der Waals surface area (Å²) < 4.78 is 0. The van der Waals surface area contributed by atoms with Crippen molar-refractivity contribution in [2.45, 2.75) is 18.9 Å². The summed E-state index contributed by atoms with van der Waals surface area (Å²) in [5, 5.41) is 9.31. The number of aliphatic hydroxyl groups is 1. The second-order valence-electron chi connectivity index (χ2n) is 3.25. The van der Waals surface area contributed by atoms with Crippen LogP contribution in [-0.4, -0.2) is 11.7 Å². The van der Waals surface area contributed by atoms with Gasteiger partial charge < -0.3 is 16.6 Å². The van der Waals surface area contributed by atoms with Crippen LogP contribution in [0, 0.1) is 0 Å². The Labute approximate surface area is 88.7 Å². The Morgan fingerprint density at radius 2 is 2.14 bits per heavy atom. The van der Waals surface area contributed by atoms with E-state index < -0.39 is 0 Å². The first-order valence-electron chi connectivity index (χ1n) is 4.56. The molecular formula is C10H15ClN2O. The summed E-state index contributed by atoms with van der Waals surface area (Å²) in [5.74, 6) is 0. The first-order valence-corrected chi connectivity index (χ1v) is 4.94. The van der Waals surface area contributed by atoms with Gasteiger partial charge in [0.1, 0.15) is 0 Å². The summed E-state index contributed by atoms with van der Waals surface area (Å²) in [6.45, 7) is 0.147. The van der Waals surface area contributed by atoms with Crippen molar-refractivity contribution in [3.63, 3.8) is 0 Å². The standard InChI is InChI=1S/C10H15ClN2O/c11-7-3-4-10(13)8(6-7)9(12)2-1-5-14/h3-4,6,9,14H,1-2,5,12-13H2/t9-/m1/s1. The van der Waals surface area contributed by atoms with Crippen molar-refractivity contribution in [3.05, 3.63) is 28.8 Å². The number of rotatable bonds is 4. The van der Waals surface area contributed by atoms with Gasteiger partial charge in [0.05, 0.1) is 0 Å². The van der Waals surface area contributed by atoms with Crippen molar-refractivity contribution >= 4 is 17.3 Å². The lowest BCUT2D eigenvalue weighted by Crippen LogP contribution is -2.12. The van der Waals surface area contributed by atoms with Gasteiger partial charge in [-0.2, -0.15) is 0 Å². The van der Waals surface area contributed by atoms with Crippen LogP contribution in [0.2, 0.25) is 5.02 Å². The Bertz CT molecular complexity index is 304. The lowest BCUT2D eigenvalue weighted by atomic mass is 10.0. The van der Waals surface area contributed by atoms with Gasteiger partial charge >= 0.3 is 0 Å². The van der Waals surface area contributed by atoms with E-state index in [1.807, 2.05) is 0 Å². The maximum absolute atomic E-state index is 8.67. The molecule has 1 aromatic rings. The number of halogens is 1. The van der Waals surface area contributed by atoms with E-state index in [1.165, 1.54) is 0 Å². The fourth-order valence-electron chi connectivity index (χ4n) is 1.33. The molecule has 0 saturated carbocycles. The molecule has 0 unspecified atom stereocenters. The van der Waals surface area contributed by atoms with E-state index in [4.69, 9.17) is 28.2 Å². The topological polar surface area (TPSA) is 72.3 Å². The summed E-state index contributed by atoms with van der Waals surface area (Å²) in [7, 11) is 0. The average Bonchev–Trinajstić information content (AvgIpc) is 2.18. The van der Waals surface area contributed by atoms with Gasteiger partial charge in [0, 0.05) is 23.4 Å². The predicted octanol–water partition coefficient (Wildman–Crippen LogP) is 1.69. The molecule has 14 heavy (non-hydrogen) atoms. The van der Waals surface area contributed by atoms with Gasteiger partial charge in [-0.15, -0.1) is 0 Å². The highest BCUT2D eigenvalue weighted by atomic mass is 35.5. The maximum Gasteiger partial charge on any atom is 0.0431 e.